The van der Waals surface area contributed by atoms with Gasteiger partial charge in [0.15, 0.2) is 0 Å². The number of aliphatic hydroxyl groups excluding tert-OH is 1. The molecule has 1 amide bonds. The van der Waals surface area contributed by atoms with Gasteiger partial charge in [-0.15, -0.1) is 11.3 Å². The van der Waals surface area contributed by atoms with Crippen molar-refractivity contribution in [2.75, 3.05) is 6.54 Å². The van der Waals surface area contributed by atoms with Gasteiger partial charge in [-0.25, -0.2) is 0 Å². The van der Waals surface area contributed by atoms with E-state index in [2.05, 4.69) is 4.72 Å². The van der Waals surface area contributed by atoms with Gasteiger partial charge in [0.25, 0.3) is 5.91 Å². The highest BCUT2D eigenvalue weighted by Gasteiger charge is 2.22. The van der Waals surface area contributed by atoms with Crippen molar-refractivity contribution in [2.24, 2.45) is 5.73 Å². The van der Waals surface area contributed by atoms with Gasteiger partial charge in [-0.1, -0.05) is 0 Å². The molecule has 1 atom stereocenters. The zero-order valence-corrected chi connectivity index (χ0v) is 8.24. The Morgan fingerprint density at radius 2 is 2.54 bits per heavy atom. The third-order valence-electron chi connectivity index (χ3n) is 1.77. The third-order valence-corrected chi connectivity index (χ3v) is 3.96. The quantitative estimate of drug-likeness (QED) is 0.597. The SMILES string of the molecule is NC(=O)c1cc2c(s1)SNCC2O. The first kappa shape index (κ1) is 9.01. The van der Waals surface area contributed by atoms with Crippen LogP contribution in [0.15, 0.2) is 10.3 Å². The zero-order valence-electron chi connectivity index (χ0n) is 6.61. The van der Waals surface area contributed by atoms with Gasteiger partial charge in [-0.05, 0) is 18.0 Å². The number of aliphatic hydroxyl groups is 1. The Labute approximate surface area is 83.3 Å². The predicted octanol–water partition coefficient (Wildman–Crippen LogP) is 0.491. The molecule has 0 spiro atoms. The van der Waals surface area contributed by atoms with E-state index in [4.69, 9.17) is 5.73 Å². The highest BCUT2D eigenvalue weighted by molar-refractivity contribution is 7.99. The van der Waals surface area contributed by atoms with E-state index in [0.29, 0.717) is 11.4 Å². The fraction of sp³-hybridized carbons (Fsp3) is 0.286. The molecule has 1 aliphatic heterocycles. The van der Waals surface area contributed by atoms with Crippen molar-refractivity contribution < 1.29 is 9.90 Å². The molecule has 2 heterocycles. The van der Waals surface area contributed by atoms with E-state index >= 15 is 0 Å². The summed E-state index contributed by atoms with van der Waals surface area (Å²) in [4.78, 5) is 11.3. The first-order valence-electron chi connectivity index (χ1n) is 3.70. The highest BCUT2D eigenvalue weighted by atomic mass is 32.2. The molecular weight excluding hydrogens is 208 g/mol. The number of fused-ring (bicyclic) bond motifs is 1. The molecule has 0 aromatic carbocycles. The lowest BCUT2D eigenvalue weighted by atomic mass is 10.2. The summed E-state index contributed by atoms with van der Waals surface area (Å²) in [7, 11) is 0. The number of β-amino-alcohol motifs (C(OH)–C–C–N with tert-alkyl or cyclic N) is 1. The van der Waals surface area contributed by atoms with Gasteiger partial charge in [0, 0.05) is 12.1 Å². The molecule has 0 radical (unpaired) electrons. The Balaban J connectivity index is 2.42. The molecule has 13 heavy (non-hydrogen) atoms. The average molecular weight is 216 g/mol. The van der Waals surface area contributed by atoms with Gasteiger partial charge in [-0.3, -0.25) is 9.52 Å². The van der Waals surface area contributed by atoms with Gasteiger partial charge in [0.2, 0.25) is 0 Å². The molecular formula is C7H8N2O2S2. The van der Waals surface area contributed by atoms with Crippen molar-refractivity contribution in [1.29, 1.82) is 0 Å². The highest BCUT2D eigenvalue weighted by Crippen LogP contribution is 2.37. The summed E-state index contributed by atoms with van der Waals surface area (Å²) in [5.41, 5.74) is 5.94. The van der Waals surface area contributed by atoms with Crippen molar-refractivity contribution >= 4 is 29.2 Å². The minimum Gasteiger partial charge on any atom is -0.387 e. The van der Waals surface area contributed by atoms with E-state index in [1.165, 1.54) is 23.3 Å². The van der Waals surface area contributed by atoms with Crippen LogP contribution >= 0.6 is 23.3 Å². The van der Waals surface area contributed by atoms with Crippen LogP contribution in [0.3, 0.4) is 0 Å². The summed E-state index contributed by atoms with van der Waals surface area (Å²) in [6, 6.07) is 1.67. The van der Waals surface area contributed by atoms with Crippen LogP contribution in [0.4, 0.5) is 0 Å². The Kier molecular flexibility index (Phi) is 2.29. The van der Waals surface area contributed by atoms with Crippen LogP contribution in [0.2, 0.25) is 0 Å². The van der Waals surface area contributed by atoms with Crippen LogP contribution in [0.25, 0.3) is 0 Å². The zero-order chi connectivity index (χ0) is 9.42. The summed E-state index contributed by atoms with van der Waals surface area (Å²) < 4.78 is 3.89. The number of carbonyl (C=O) groups excluding carboxylic acids is 1. The van der Waals surface area contributed by atoms with Gasteiger partial charge < -0.3 is 10.8 Å². The second-order valence-corrected chi connectivity index (χ2v) is 4.90. The van der Waals surface area contributed by atoms with Crippen LogP contribution in [-0.2, 0) is 0 Å². The first-order chi connectivity index (χ1) is 6.18. The van der Waals surface area contributed by atoms with Gasteiger partial charge in [0.1, 0.15) is 0 Å². The van der Waals surface area contributed by atoms with Crippen LogP contribution < -0.4 is 10.5 Å². The lowest BCUT2D eigenvalue weighted by molar-refractivity contribution is 0.100. The molecule has 1 unspecified atom stereocenters. The predicted molar refractivity (Wildman–Crippen MR) is 51.7 cm³/mol. The molecule has 4 N–H and O–H groups in total. The number of primary amides is 1. The summed E-state index contributed by atoms with van der Waals surface area (Å²) in [6.45, 7) is 0.507. The fourth-order valence-electron chi connectivity index (χ4n) is 1.12. The second-order valence-electron chi connectivity index (χ2n) is 2.68. The van der Waals surface area contributed by atoms with Crippen LogP contribution in [-0.4, -0.2) is 17.6 Å². The molecule has 0 bridgehead atoms. The van der Waals surface area contributed by atoms with Crippen LogP contribution in [0.1, 0.15) is 21.3 Å². The van der Waals surface area contributed by atoms with Gasteiger partial charge in [-0.2, -0.15) is 0 Å². The normalized spacial score (nSPS) is 21.2. The number of nitrogens with two attached hydrogens (primary N) is 1. The Morgan fingerprint density at radius 1 is 1.77 bits per heavy atom. The van der Waals surface area contributed by atoms with Crippen molar-refractivity contribution in [3.63, 3.8) is 0 Å². The average Bonchev–Trinajstić information content (AvgIpc) is 2.49. The Bertz CT molecular complexity index is 350. The molecule has 0 fully saturated rings. The smallest absolute Gasteiger partial charge is 0.258 e. The van der Waals surface area contributed by atoms with E-state index < -0.39 is 12.0 Å². The third kappa shape index (κ3) is 1.58. The number of amides is 1. The molecule has 0 saturated carbocycles. The minimum atomic E-state index is -0.527. The maximum absolute atomic E-state index is 10.8. The van der Waals surface area contributed by atoms with Crippen molar-refractivity contribution in [3.05, 3.63) is 16.5 Å². The second kappa shape index (κ2) is 3.30. The number of rotatable bonds is 1. The van der Waals surface area contributed by atoms with E-state index in [0.717, 1.165) is 9.77 Å². The number of nitrogens with one attached hydrogen (secondary N) is 1. The van der Waals surface area contributed by atoms with Crippen LogP contribution in [0.5, 0.6) is 0 Å². The standard InChI is InChI=1S/C7H8N2O2S2/c8-6(11)5-1-3-4(10)2-9-13-7(3)12-5/h1,4,9-10H,2H2,(H2,8,11). The minimum absolute atomic E-state index is 0.438. The lowest BCUT2D eigenvalue weighted by Gasteiger charge is -2.16. The molecule has 0 saturated heterocycles. The molecule has 4 nitrogen and oxygen atoms in total. The first-order valence-corrected chi connectivity index (χ1v) is 5.33. The summed E-state index contributed by atoms with van der Waals surface area (Å²) in [6.07, 6.45) is -0.527. The topological polar surface area (TPSA) is 75.4 Å². The largest absolute Gasteiger partial charge is 0.387 e. The maximum atomic E-state index is 10.8. The summed E-state index contributed by atoms with van der Waals surface area (Å²) in [5.74, 6) is -0.438. The van der Waals surface area contributed by atoms with Crippen LogP contribution in [0, 0.1) is 0 Å². The molecule has 1 aliphatic rings. The van der Waals surface area contributed by atoms with Crippen molar-refractivity contribution in [3.8, 4) is 0 Å². The molecule has 2 rings (SSSR count). The number of carbonyl (C=O) groups is 1. The molecule has 0 aliphatic carbocycles. The summed E-state index contributed by atoms with van der Waals surface area (Å²) >= 11 is 2.74. The monoisotopic (exact) mass is 216 g/mol. The van der Waals surface area contributed by atoms with E-state index in [-0.39, 0.29) is 0 Å². The van der Waals surface area contributed by atoms with Crippen molar-refractivity contribution in [1.82, 2.24) is 4.72 Å². The summed E-state index contributed by atoms with van der Waals surface area (Å²) in [5, 5.41) is 9.54. The number of thiophene rings is 1. The van der Waals surface area contributed by atoms with E-state index in [1.807, 2.05) is 0 Å². The van der Waals surface area contributed by atoms with Gasteiger partial charge >= 0.3 is 0 Å². The van der Waals surface area contributed by atoms with E-state index in [9.17, 15) is 9.90 Å². The Hall–Kier alpha value is -0.560. The molecule has 1 aromatic rings. The maximum Gasteiger partial charge on any atom is 0.258 e. The lowest BCUT2D eigenvalue weighted by Crippen LogP contribution is -2.19. The van der Waals surface area contributed by atoms with E-state index in [1.54, 1.807) is 6.07 Å². The Morgan fingerprint density at radius 3 is 3.15 bits per heavy atom. The molecule has 70 valence electrons. The van der Waals surface area contributed by atoms with Gasteiger partial charge in [0.05, 0.1) is 15.2 Å². The number of hydrogen-bond acceptors (Lipinski definition) is 5. The van der Waals surface area contributed by atoms with Crippen molar-refractivity contribution in [2.45, 2.75) is 10.3 Å². The fourth-order valence-corrected chi connectivity index (χ4v) is 3.21. The molecule has 1 aromatic heterocycles. The molecule has 6 heteroatoms. The number of hydrogen-bond donors (Lipinski definition) is 3.